The molecule has 2 N–H and O–H groups in total. The van der Waals surface area contributed by atoms with E-state index in [0.717, 1.165) is 37.8 Å². The second-order valence-electron chi connectivity index (χ2n) is 6.63. The molecule has 1 aliphatic carbocycles. The highest BCUT2D eigenvalue weighted by molar-refractivity contribution is 7.89. The Hall–Kier alpha value is -2.07. The number of benzene rings is 1. The van der Waals surface area contributed by atoms with Gasteiger partial charge in [-0.05, 0) is 50.7 Å². The van der Waals surface area contributed by atoms with Gasteiger partial charge in [0.25, 0.3) is 0 Å². The minimum atomic E-state index is -3.17. The van der Waals surface area contributed by atoms with Crippen LogP contribution in [0.5, 0.6) is 0 Å². The third kappa shape index (κ3) is 5.01. The van der Waals surface area contributed by atoms with Crippen molar-refractivity contribution >= 4 is 16.0 Å². The van der Waals surface area contributed by atoms with Crippen LogP contribution in [0.25, 0.3) is 11.4 Å². The van der Waals surface area contributed by atoms with Gasteiger partial charge in [-0.15, -0.1) is 0 Å². The van der Waals surface area contributed by atoms with Crippen molar-refractivity contribution in [2.24, 2.45) is 5.92 Å². The first kappa shape index (κ1) is 19.7. The first-order valence-corrected chi connectivity index (χ1v) is 10.5. The summed E-state index contributed by atoms with van der Waals surface area (Å²) in [5.74, 6) is -1.29. The zero-order chi connectivity index (χ0) is 19.4. The lowest BCUT2D eigenvalue weighted by atomic mass is 9.86. The molecule has 1 aromatic carbocycles. The van der Waals surface area contributed by atoms with Crippen LogP contribution in [0.1, 0.15) is 32.6 Å². The highest BCUT2D eigenvalue weighted by atomic mass is 32.2. The van der Waals surface area contributed by atoms with Crippen LogP contribution in [0.4, 0.5) is 14.8 Å². The molecule has 148 valence electrons. The number of halogens is 2. The van der Waals surface area contributed by atoms with E-state index in [-0.39, 0.29) is 35.1 Å². The molecule has 1 heterocycles. The predicted octanol–water partition coefficient (Wildman–Crippen LogP) is 2.92. The van der Waals surface area contributed by atoms with Gasteiger partial charge in [-0.1, -0.05) is 11.2 Å². The quantitative estimate of drug-likeness (QED) is 0.742. The maximum Gasteiger partial charge on any atom is 0.322 e. The van der Waals surface area contributed by atoms with E-state index >= 15 is 0 Å². The van der Waals surface area contributed by atoms with Crippen LogP contribution in [0.3, 0.4) is 0 Å². The van der Waals surface area contributed by atoms with Crippen LogP contribution in [0.15, 0.2) is 22.7 Å². The minimum Gasteiger partial charge on any atom is -0.335 e. The fourth-order valence-corrected chi connectivity index (χ4v) is 3.82. The molecule has 1 aromatic heterocycles. The van der Waals surface area contributed by atoms with Crippen molar-refractivity contribution in [3.8, 4) is 11.4 Å². The lowest BCUT2D eigenvalue weighted by molar-refractivity contribution is 0.330. The van der Waals surface area contributed by atoms with Crippen LogP contribution >= 0.6 is 0 Å². The van der Waals surface area contributed by atoms with E-state index in [2.05, 4.69) is 20.2 Å². The van der Waals surface area contributed by atoms with Crippen LogP contribution in [0.2, 0.25) is 0 Å². The fraction of sp³-hybridized carbons (Fsp3) is 0.529. The number of hydrogen-bond acceptors (Lipinski definition) is 6. The molecule has 7 nitrogen and oxygen atoms in total. The van der Waals surface area contributed by atoms with Crippen molar-refractivity contribution in [2.45, 2.75) is 38.6 Å². The van der Waals surface area contributed by atoms with Crippen molar-refractivity contribution in [1.82, 2.24) is 14.9 Å². The zero-order valence-corrected chi connectivity index (χ0v) is 15.7. The molecular formula is C17H22F2N4O3S. The van der Waals surface area contributed by atoms with Gasteiger partial charge < -0.3 is 9.84 Å². The third-order valence-corrected chi connectivity index (χ3v) is 6.13. The van der Waals surface area contributed by atoms with Gasteiger partial charge >= 0.3 is 6.01 Å². The number of hydrogen-bond donors (Lipinski definition) is 2. The van der Waals surface area contributed by atoms with Crippen LogP contribution in [-0.2, 0) is 10.0 Å². The first-order chi connectivity index (χ1) is 12.9. The Morgan fingerprint density at radius 2 is 1.85 bits per heavy atom. The van der Waals surface area contributed by atoms with E-state index in [9.17, 15) is 17.2 Å². The molecule has 0 radical (unpaired) electrons. The lowest BCUT2D eigenvalue weighted by Crippen LogP contribution is -2.34. The van der Waals surface area contributed by atoms with Crippen molar-refractivity contribution in [3.63, 3.8) is 0 Å². The number of sulfonamides is 1. The van der Waals surface area contributed by atoms with Crippen LogP contribution in [0, 0.1) is 17.6 Å². The van der Waals surface area contributed by atoms with Gasteiger partial charge in [-0.3, -0.25) is 0 Å². The largest absolute Gasteiger partial charge is 0.335 e. The standard InChI is InChI=1S/C17H22F2N4O3S/c1-2-27(24,25)20-10-11-6-8-12(9-7-11)21-17-22-16(23-26-17)15-13(18)4-3-5-14(15)19/h3-5,11-12,20H,2,6-10H2,1H3,(H,21,22,23). The Morgan fingerprint density at radius 1 is 1.19 bits per heavy atom. The molecular weight excluding hydrogens is 378 g/mol. The third-order valence-electron chi connectivity index (χ3n) is 4.76. The molecule has 1 aliphatic rings. The number of nitrogens with one attached hydrogen (secondary N) is 2. The lowest BCUT2D eigenvalue weighted by Gasteiger charge is -2.28. The summed E-state index contributed by atoms with van der Waals surface area (Å²) >= 11 is 0. The molecule has 0 atom stereocenters. The molecule has 0 spiro atoms. The Bertz CT molecular complexity index is 860. The second kappa shape index (κ2) is 8.30. The molecule has 10 heteroatoms. The van der Waals surface area contributed by atoms with Gasteiger partial charge in [-0.25, -0.2) is 21.9 Å². The Morgan fingerprint density at radius 3 is 2.48 bits per heavy atom. The van der Waals surface area contributed by atoms with E-state index in [4.69, 9.17) is 4.52 Å². The van der Waals surface area contributed by atoms with Gasteiger partial charge in [0, 0.05) is 12.6 Å². The van der Waals surface area contributed by atoms with E-state index in [1.807, 2.05) is 0 Å². The van der Waals surface area contributed by atoms with E-state index in [1.165, 1.54) is 6.07 Å². The maximum atomic E-state index is 13.8. The van der Waals surface area contributed by atoms with Crippen LogP contribution < -0.4 is 10.0 Å². The Kier molecular flexibility index (Phi) is 6.05. The molecule has 1 fully saturated rings. The topological polar surface area (TPSA) is 97.1 Å². The molecule has 0 unspecified atom stereocenters. The molecule has 1 saturated carbocycles. The normalized spacial score (nSPS) is 20.6. The number of nitrogens with zero attached hydrogens (tertiary/aromatic N) is 2. The summed E-state index contributed by atoms with van der Waals surface area (Å²) in [5, 5.41) is 6.74. The average molecular weight is 400 g/mol. The smallest absolute Gasteiger partial charge is 0.322 e. The van der Waals surface area contributed by atoms with Gasteiger partial charge in [0.05, 0.1) is 11.3 Å². The number of rotatable bonds is 7. The summed E-state index contributed by atoms with van der Waals surface area (Å²) in [5.41, 5.74) is -0.318. The maximum absolute atomic E-state index is 13.8. The second-order valence-corrected chi connectivity index (χ2v) is 8.73. The summed E-state index contributed by atoms with van der Waals surface area (Å²) in [6.45, 7) is 2.05. The number of aromatic nitrogens is 2. The van der Waals surface area contributed by atoms with E-state index in [0.29, 0.717) is 6.54 Å². The molecule has 0 amide bonds. The monoisotopic (exact) mass is 400 g/mol. The van der Waals surface area contributed by atoms with Crippen molar-refractivity contribution in [2.75, 3.05) is 17.6 Å². The highest BCUT2D eigenvalue weighted by Crippen LogP contribution is 2.28. The summed E-state index contributed by atoms with van der Waals surface area (Å²) in [6.07, 6.45) is 3.33. The van der Waals surface area contributed by atoms with Gasteiger partial charge in [0.2, 0.25) is 15.8 Å². The molecule has 0 bridgehead atoms. The summed E-state index contributed by atoms with van der Waals surface area (Å²) in [6, 6.07) is 3.74. The highest BCUT2D eigenvalue weighted by Gasteiger charge is 2.24. The minimum absolute atomic E-state index is 0.0754. The molecule has 2 aromatic rings. The summed E-state index contributed by atoms with van der Waals surface area (Å²) in [7, 11) is -3.17. The molecule has 3 rings (SSSR count). The molecule has 0 saturated heterocycles. The van der Waals surface area contributed by atoms with Gasteiger partial charge in [0.1, 0.15) is 11.6 Å². The van der Waals surface area contributed by atoms with Gasteiger partial charge in [0.15, 0.2) is 0 Å². The van der Waals surface area contributed by atoms with Crippen molar-refractivity contribution in [3.05, 3.63) is 29.8 Å². The predicted molar refractivity (Wildman–Crippen MR) is 96.5 cm³/mol. The Balaban J connectivity index is 1.54. The zero-order valence-electron chi connectivity index (χ0n) is 14.9. The fourth-order valence-electron chi connectivity index (χ4n) is 3.13. The van der Waals surface area contributed by atoms with Crippen molar-refractivity contribution in [1.29, 1.82) is 0 Å². The summed E-state index contributed by atoms with van der Waals surface area (Å²) < 4.78 is 58.3. The van der Waals surface area contributed by atoms with Crippen LogP contribution in [-0.4, -0.2) is 36.9 Å². The molecule has 0 aliphatic heterocycles. The first-order valence-electron chi connectivity index (χ1n) is 8.90. The summed E-state index contributed by atoms with van der Waals surface area (Å²) in [4.78, 5) is 4.03. The average Bonchev–Trinajstić information content (AvgIpc) is 3.09. The van der Waals surface area contributed by atoms with E-state index in [1.54, 1.807) is 6.92 Å². The number of anilines is 1. The Labute approximate surface area is 156 Å². The SMILES string of the molecule is CCS(=O)(=O)NCC1CCC(Nc2nc(-c3c(F)cccc3F)no2)CC1. The van der Waals surface area contributed by atoms with E-state index < -0.39 is 21.7 Å². The van der Waals surface area contributed by atoms with Crippen molar-refractivity contribution < 1.29 is 21.7 Å². The van der Waals surface area contributed by atoms with Gasteiger partial charge in [-0.2, -0.15) is 4.98 Å². The molecule has 27 heavy (non-hydrogen) atoms.